The van der Waals surface area contributed by atoms with Crippen molar-refractivity contribution in [3.63, 3.8) is 0 Å². The van der Waals surface area contributed by atoms with E-state index in [2.05, 4.69) is 12.2 Å². The van der Waals surface area contributed by atoms with Crippen LogP contribution in [-0.2, 0) is 11.3 Å². The lowest BCUT2D eigenvalue weighted by Crippen LogP contribution is -2.26. The van der Waals surface area contributed by atoms with Crippen LogP contribution >= 0.6 is 0 Å². The fraction of sp³-hybridized carbons (Fsp3) is 0.538. The molecule has 0 saturated carbocycles. The van der Waals surface area contributed by atoms with Crippen molar-refractivity contribution in [1.29, 1.82) is 0 Å². The van der Waals surface area contributed by atoms with Crippen molar-refractivity contribution in [2.24, 2.45) is 5.92 Å². The Morgan fingerprint density at radius 3 is 2.94 bits per heavy atom. The van der Waals surface area contributed by atoms with Crippen LogP contribution in [0.2, 0.25) is 0 Å². The van der Waals surface area contributed by atoms with Gasteiger partial charge in [0.25, 0.3) is 0 Å². The molecule has 1 heterocycles. The topological polar surface area (TPSA) is 41.5 Å². The average molecular weight is 221 g/mol. The number of phenols is 1. The van der Waals surface area contributed by atoms with E-state index < -0.39 is 0 Å². The summed E-state index contributed by atoms with van der Waals surface area (Å²) < 4.78 is 5.50. The molecule has 16 heavy (non-hydrogen) atoms. The molecule has 1 aromatic carbocycles. The summed E-state index contributed by atoms with van der Waals surface area (Å²) in [5.74, 6) is 0.969. The van der Waals surface area contributed by atoms with Crippen molar-refractivity contribution in [3.05, 3.63) is 29.8 Å². The number of nitrogens with one attached hydrogen (secondary N) is 1. The van der Waals surface area contributed by atoms with E-state index in [0.717, 1.165) is 31.7 Å². The molecule has 0 radical (unpaired) electrons. The summed E-state index contributed by atoms with van der Waals surface area (Å²) in [6, 6.07) is 7.44. The van der Waals surface area contributed by atoms with Crippen LogP contribution in [0, 0.1) is 5.92 Å². The Balaban J connectivity index is 1.78. The van der Waals surface area contributed by atoms with Gasteiger partial charge in [-0.25, -0.2) is 0 Å². The highest BCUT2D eigenvalue weighted by Gasteiger charge is 2.23. The summed E-state index contributed by atoms with van der Waals surface area (Å²) in [5, 5.41) is 13.0. The second-order valence-electron chi connectivity index (χ2n) is 4.38. The Hall–Kier alpha value is -1.06. The first-order valence-corrected chi connectivity index (χ1v) is 5.86. The van der Waals surface area contributed by atoms with Crippen molar-refractivity contribution in [3.8, 4) is 5.75 Å². The lowest BCUT2D eigenvalue weighted by Gasteiger charge is -2.15. The van der Waals surface area contributed by atoms with Crippen LogP contribution in [-0.4, -0.2) is 24.4 Å². The summed E-state index contributed by atoms with van der Waals surface area (Å²) in [5.41, 5.74) is 0.953. The highest BCUT2D eigenvalue weighted by Crippen LogP contribution is 2.20. The molecule has 0 spiro atoms. The first-order valence-electron chi connectivity index (χ1n) is 5.86. The zero-order valence-electron chi connectivity index (χ0n) is 9.65. The van der Waals surface area contributed by atoms with Crippen LogP contribution in [0.1, 0.15) is 18.9 Å². The van der Waals surface area contributed by atoms with Crippen LogP contribution in [0.25, 0.3) is 0 Å². The largest absolute Gasteiger partial charge is 0.508 e. The van der Waals surface area contributed by atoms with Crippen LogP contribution in [0.4, 0.5) is 0 Å². The van der Waals surface area contributed by atoms with Crippen molar-refractivity contribution < 1.29 is 9.84 Å². The van der Waals surface area contributed by atoms with E-state index in [1.165, 1.54) is 0 Å². The predicted molar refractivity (Wildman–Crippen MR) is 63.3 cm³/mol. The lowest BCUT2D eigenvalue weighted by molar-refractivity contribution is 0.105. The molecule has 2 unspecified atom stereocenters. The molecule has 1 saturated heterocycles. The number of aromatic hydroxyl groups is 1. The van der Waals surface area contributed by atoms with Gasteiger partial charge >= 0.3 is 0 Å². The highest BCUT2D eigenvalue weighted by molar-refractivity contribution is 5.31. The summed E-state index contributed by atoms with van der Waals surface area (Å²) in [6.45, 7) is 4.68. The molecule has 3 heteroatoms. The smallest absolute Gasteiger partial charge is 0.120 e. The second kappa shape index (κ2) is 5.32. The first kappa shape index (κ1) is 11.4. The van der Waals surface area contributed by atoms with Gasteiger partial charge in [-0.3, -0.25) is 0 Å². The number of rotatable bonds is 4. The number of hydrogen-bond acceptors (Lipinski definition) is 3. The van der Waals surface area contributed by atoms with Gasteiger partial charge in [0.2, 0.25) is 0 Å². The van der Waals surface area contributed by atoms with Gasteiger partial charge in [-0.05, 0) is 25.3 Å². The van der Waals surface area contributed by atoms with Crippen molar-refractivity contribution in [2.45, 2.75) is 26.0 Å². The maximum Gasteiger partial charge on any atom is 0.120 e. The summed E-state index contributed by atoms with van der Waals surface area (Å²) in [7, 11) is 0. The van der Waals surface area contributed by atoms with Gasteiger partial charge < -0.3 is 15.2 Å². The number of para-hydroxylation sites is 1. The molecule has 3 nitrogen and oxygen atoms in total. The molecule has 2 N–H and O–H groups in total. The van der Waals surface area contributed by atoms with Gasteiger partial charge in [-0.2, -0.15) is 0 Å². The number of hydrogen-bond donors (Lipinski definition) is 2. The van der Waals surface area contributed by atoms with Crippen molar-refractivity contribution in [1.82, 2.24) is 5.32 Å². The molecule has 1 aliphatic heterocycles. The maximum absolute atomic E-state index is 9.59. The van der Waals surface area contributed by atoms with E-state index in [1.807, 2.05) is 18.2 Å². The SMILES string of the molecule is CC1OCCC1CNCc1ccccc1O. The highest BCUT2D eigenvalue weighted by atomic mass is 16.5. The number of phenolic OH excluding ortho intramolecular Hbond substituents is 1. The molecule has 0 amide bonds. The Bertz CT molecular complexity index is 340. The molecule has 0 aromatic heterocycles. The first-order chi connectivity index (χ1) is 7.77. The quantitative estimate of drug-likeness (QED) is 0.816. The van der Waals surface area contributed by atoms with E-state index in [4.69, 9.17) is 4.74 Å². The number of benzene rings is 1. The molecule has 88 valence electrons. The monoisotopic (exact) mass is 221 g/mol. The van der Waals surface area contributed by atoms with Gasteiger partial charge in [-0.1, -0.05) is 18.2 Å². The fourth-order valence-electron chi connectivity index (χ4n) is 2.10. The molecular weight excluding hydrogens is 202 g/mol. The predicted octanol–water partition coefficient (Wildman–Crippen LogP) is 1.91. The summed E-state index contributed by atoms with van der Waals surface area (Å²) in [6.07, 6.45) is 1.49. The molecule has 1 aliphatic rings. The minimum absolute atomic E-state index is 0.358. The Morgan fingerprint density at radius 2 is 2.25 bits per heavy atom. The van der Waals surface area contributed by atoms with Crippen molar-refractivity contribution >= 4 is 0 Å². The van der Waals surface area contributed by atoms with E-state index in [-0.39, 0.29) is 0 Å². The maximum atomic E-state index is 9.59. The molecule has 2 rings (SSSR count). The average Bonchev–Trinajstić information content (AvgIpc) is 2.67. The zero-order valence-corrected chi connectivity index (χ0v) is 9.65. The van der Waals surface area contributed by atoms with Gasteiger partial charge in [0, 0.05) is 25.3 Å². The van der Waals surface area contributed by atoms with E-state index in [1.54, 1.807) is 6.07 Å². The normalized spacial score (nSPS) is 24.8. The van der Waals surface area contributed by atoms with Crippen LogP contribution < -0.4 is 5.32 Å². The van der Waals surface area contributed by atoms with Crippen LogP contribution in [0.15, 0.2) is 24.3 Å². The third-order valence-electron chi connectivity index (χ3n) is 3.25. The summed E-state index contributed by atoms with van der Waals surface area (Å²) >= 11 is 0. The van der Waals surface area contributed by atoms with E-state index >= 15 is 0 Å². The number of ether oxygens (including phenoxy) is 1. The van der Waals surface area contributed by atoms with Gasteiger partial charge in [-0.15, -0.1) is 0 Å². The van der Waals surface area contributed by atoms with Crippen molar-refractivity contribution in [2.75, 3.05) is 13.2 Å². The Kier molecular flexibility index (Phi) is 3.80. The van der Waals surface area contributed by atoms with Gasteiger partial charge in [0.1, 0.15) is 5.75 Å². The van der Waals surface area contributed by atoms with Crippen LogP contribution in [0.5, 0.6) is 5.75 Å². The lowest BCUT2D eigenvalue weighted by atomic mass is 10.0. The summed E-state index contributed by atoms with van der Waals surface area (Å²) in [4.78, 5) is 0. The minimum Gasteiger partial charge on any atom is -0.508 e. The molecule has 2 atom stereocenters. The third kappa shape index (κ3) is 2.74. The van der Waals surface area contributed by atoms with Gasteiger partial charge in [0.05, 0.1) is 6.10 Å². The molecule has 1 fully saturated rings. The minimum atomic E-state index is 0.358. The second-order valence-corrected chi connectivity index (χ2v) is 4.38. The standard InChI is InChI=1S/C13H19NO2/c1-10-11(6-7-16-10)8-14-9-12-4-2-3-5-13(12)15/h2-5,10-11,14-15H,6-9H2,1H3. The molecule has 0 aliphatic carbocycles. The molecule has 1 aromatic rings. The molecule has 0 bridgehead atoms. The Morgan fingerprint density at radius 1 is 1.44 bits per heavy atom. The Labute approximate surface area is 96.4 Å². The van der Waals surface area contributed by atoms with Gasteiger partial charge in [0.15, 0.2) is 0 Å². The zero-order chi connectivity index (χ0) is 11.4. The van der Waals surface area contributed by atoms with E-state index in [0.29, 0.717) is 17.8 Å². The van der Waals surface area contributed by atoms with Crippen LogP contribution in [0.3, 0.4) is 0 Å². The third-order valence-corrected chi connectivity index (χ3v) is 3.25. The molecular formula is C13H19NO2. The van der Waals surface area contributed by atoms with E-state index in [9.17, 15) is 5.11 Å². The fourth-order valence-corrected chi connectivity index (χ4v) is 2.10.